The van der Waals surface area contributed by atoms with Gasteiger partial charge < -0.3 is 34.5 Å². The standard InChI is InChI=1S/C31H50N4O6.C10H15NO.C3H8/c1-7-20(2)29(26(40-5)18-28(39)35-15-8-9-24(35)31(41-6)21(3)19-36)33(4)27(38)13-12-25(37)30-22-10-11-23(17-22)34(30)16-14-32;1-11-10(8-12)7-9-5-3-2-4-6-9;1-3-2/h19-24,26,29-31H,7-13,15-18H2,1-6H3;2-6,10-12H,7-8H2,1H3;3H2,1-2H3/t;10-;/m.0./s1. The minimum absolute atomic E-state index is 0.0464. The van der Waals surface area contributed by atoms with Crippen molar-refractivity contribution in [3.63, 3.8) is 0 Å². The van der Waals surface area contributed by atoms with Gasteiger partial charge in [0.05, 0.1) is 56.0 Å². The van der Waals surface area contributed by atoms with Crippen LogP contribution in [0, 0.1) is 29.1 Å². The van der Waals surface area contributed by atoms with E-state index in [0.29, 0.717) is 12.6 Å². The van der Waals surface area contributed by atoms with E-state index in [2.05, 4.69) is 44.3 Å². The number of methoxy groups -OCH3 is 2. The molecular weight excluding hydrogens is 711 g/mol. The topological polar surface area (TPSA) is 153 Å². The summed E-state index contributed by atoms with van der Waals surface area (Å²) in [6.45, 7) is 11.2. The summed E-state index contributed by atoms with van der Waals surface area (Å²) < 4.78 is 11.5. The normalized spacial score (nSPS) is 23.3. The summed E-state index contributed by atoms with van der Waals surface area (Å²) in [6, 6.07) is 12.1. The van der Waals surface area contributed by atoms with E-state index >= 15 is 0 Å². The number of piperidine rings is 1. The highest BCUT2D eigenvalue weighted by Crippen LogP contribution is 2.43. The molecule has 56 heavy (non-hydrogen) atoms. The predicted octanol–water partition coefficient (Wildman–Crippen LogP) is 5.06. The van der Waals surface area contributed by atoms with Gasteiger partial charge in [-0.25, -0.2) is 0 Å². The molecule has 2 aliphatic heterocycles. The fourth-order valence-electron chi connectivity index (χ4n) is 8.83. The molecule has 0 radical (unpaired) electrons. The third-order valence-corrected chi connectivity index (χ3v) is 12.0. The summed E-state index contributed by atoms with van der Waals surface area (Å²) in [4.78, 5) is 57.3. The van der Waals surface area contributed by atoms with Crippen molar-refractivity contribution in [2.75, 3.05) is 48.0 Å². The summed E-state index contributed by atoms with van der Waals surface area (Å²) in [7, 11) is 6.75. The molecule has 4 rings (SSSR count). The number of nitrogens with one attached hydrogen (secondary N) is 1. The molecular formula is C44H73N5O7. The number of nitriles is 1. The van der Waals surface area contributed by atoms with Crippen LogP contribution in [0.25, 0.3) is 0 Å². The minimum atomic E-state index is -0.524. The summed E-state index contributed by atoms with van der Waals surface area (Å²) in [5.41, 5.74) is 1.26. The second-order valence-corrected chi connectivity index (χ2v) is 15.9. The van der Waals surface area contributed by atoms with Crippen LogP contribution >= 0.6 is 0 Å². The lowest BCUT2D eigenvalue weighted by Gasteiger charge is -2.39. The molecule has 2 bridgehead atoms. The molecule has 9 unspecified atom stereocenters. The Morgan fingerprint density at radius 2 is 1.75 bits per heavy atom. The molecule has 1 saturated carbocycles. The van der Waals surface area contributed by atoms with Crippen molar-refractivity contribution in [1.29, 1.82) is 5.26 Å². The van der Waals surface area contributed by atoms with Gasteiger partial charge in [-0.2, -0.15) is 5.26 Å². The first kappa shape index (κ1) is 48.9. The Balaban J connectivity index is 0.000000604. The molecule has 12 nitrogen and oxygen atoms in total. The van der Waals surface area contributed by atoms with Gasteiger partial charge in [0.15, 0.2) is 5.78 Å². The summed E-state index contributed by atoms with van der Waals surface area (Å²) in [6.07, 6.45) is 7.86. The lowest BCUT2D eigenvalue weighted by atomic mass is 9.89. The Bertz CT molecular complexity index is 1350. The number of aliphatic hydroxyl groups is 1. The van der Waals surface area contributed by atoms with Gasteiger partial charge in [0.2, 0.25) is 11.8 Å². The first-order valence-electron chi connectivity index (χ1n) is 20.9. The molecule has 2 amide bonds. The molecule has 0 spiro atoms. The Morgan fingerprint density at radius 3 is 2.30 bits per heavy atom. The number of aldehydes is 1. The van der Waals surface area contributed by atoms with Gasteiger partial charge in [0.25, 0.3) is 0 Å². The lowest BCUT2D eigenvalue weighted by molar-refractivity contribution is -0.145. The Hall–Kier alpha value is -3.21. The molecule has 0 aromatic heterocycles. The van der Waals surface area contributed by atoms with E-state index < -0.39 is 6.10 Å². The SMILES string of the molecule is CCC.CCC(C)C(C(CC(=O)N1CCCC1C(OC)C(C)C=O)OC)N(C)C(=O)CCC(=O)C1C2CCC(C2)N1CC#N.CN[C@H](CO)Cc1ccccc1. The number of fused-ring (bicyclic) bond motifs is 2. The highest BCUT2D eigenvalue weighted by atomic mass is 16.5. The third-order valence-electron chi connectivity index (χ3n) is 12.0. The number of carbonyl (C=O) groups is 4. The maximum atomic E-state index is 13.6. The molecule has 2 heterocycles. The van der Waals surface area contributed by atoms with Crippen LogP contribution in [0.2, 0.25) is 0 Å². The van der Waals surface area contributed by atoms with Crippen molar-refractivity contribution in [3.8, 4) is 6.07 Å². The molecule has 1 aromatic rings. The van der Waals surface area contributed by atoms with Crippen LogP contribution in [0.5, 0.6) is 0 Å². The fourth-order valence-corrected chi connectivity index (χ4v) is 8.83. The highest BCUT2D eigenvalue weighted by molar-refractivity contribution is 5.89. The highest BCUT2D eigenvalue weighted by Gasteiger charge is 2.48. The monoisotopic (exact) mass is 784 g/mol. The summed E-state index contributed by atoms with van der Waals surface area (Å²) >= 11 is 0. The van der Waals surface area contributed by atoms with Crippen molar-refractivity contribution in [1.82, 2.24) is 20.0 Å². The molecule has 10 atom stereocenters. The van der Waals surface area contributed by atoms with E-state index in [4.69, 9.17) is 14.6 Å². The molecule has 1 aromatic carbocycles. The van der Waals surface area contributed by atoms with Gasteiger partial charge in [0.1, 0.15) is 6.29 Å². The van der Waals surface area contributed by atoms with Gasteiger partial charge in [-0.1, -0.05) is 77.8 Å². The van der Waals surface area contributed by atoms with E-state index in [1.165, 1.54) is 12.0 Å². The molecule has 3 fully saturated rings. The number of ketones is 1. The van der Waals surface area contributed by atoms with Crippen molar-refractivity contribution in [2.24, 2.45) is 17.8 Å². The zero-order valence-electron chi connectivity index (χ0n) is 35.8. The minimum Gasteiger partial charge on any atom is -0.395 e. The van der Waals surface area contributed by atoms with Gasteiger partial charge in [-0.3, -0.25) is 19.3 Å². The van der Waals surface area contributed by atoms with E-state index in [0.717, 1.165) is 51.2 Å². The average Bonchev–Trinajstić information content (AvgIpc) is 3.97. The van der Waals surface area contributed by atoms with Crippen molar-refractivity contribution >= 4 is 23.9 Å². The van der Waals surface area contributed by atoms with Crippen molar-refractivity contribution < 1.29 is 33.8 Å². The van der Waals surface area contributed by atoms with Crippen LogP contribution in [0.3, 0.4) is 0 Å². The smallest absolute Gasteiger partial charge is 0.225 e. The first-order chi connectivity index (χ1) is 26.9. The van der Waals surface area contributed by atoms with E-state index in [1.807, 2.05) is 48.9 Å². The second kappa shape index (κ2) is 25.9. The van der Waals surface area contributed by atoms with Crippen LogP contribution in [0.15, 0.2) is 30.3 Å². The Kier molecular flexibility index (Phi) is 22.7. The summed E-state index contributed by atoms with van der Waals surface area (Å²) in [5, 5.41) is 21.2. The quantitative estimate of drug-likeness (QED) is 0.136. The molecule has 2 saturated heterocycles. The predicted molar refractivity (Wildman–Crippen MR) is 220 cm³/mol. The number of aliphatic hydroxyl groups excluding tert-OH is 1. The zero-order valence-corrected chi connectivity index (χ0v) is 35.8. The van der Waals surface area contributed by atoms with Gasteiger partial charge in [-0.05, 0) is 63.0 Å². The van der Waals surface area contributed by atoms with Crippen LogP contribution in [0.4, 0.5) is 0 Å². The number of rotatable bonds is 20. The number of nitrogens with zero attached hydrogens (tertiary/aromatic N) is 4. The van der Waals surface area contributed by atoms with Crippen LogP contribution < -0.4 is 5.32 Å². The number of carbonyl (C=O) groups excluding carboxylic acids is 4. The number of hydrogen-bond acceptors (Lipinski definition) is 10. The summed E-state index contributed by atoms with van der Waals surface area (Å²) in [5.74, 6) is -0.158. The Labute approximate surface area is 337 Å². The largest absolute Gasteiger partial charge is 0.395 e. The first-order valence-corrected chi connectivity index (χ1v) is 20.9. The second-order valence-electron chi connectivity index (χ2n) is 15.9. The van der Waals surface area contributed by atoms with E-state index in [1.54, 1.807) is 26.2 Å². The van der Waals surface area contributed by atoms with E-state index in [-0.39, 0.29) is 98.0 Å². The molecule has 1 aliphatic carbocycles. The number of likely N-dealkylation sites (tertiary alicyclic amines) is 2. The number of likely N-dealkylation sites (N-methyl/N-ethyl adjacent to an activating group) is 2. The molecule has 3 aliphatic rings. The third kappa shape index (κ3) is 13.7. The van der Waals surface area contributed by atoms with Crippen molar-refractivity contribution in [3.05, 3.63) is 35.9 Å². The Morgan fingerprint density at radius 1 is 1.07 bits per heavy atom. The number of Topliss-reactive ketones (excluding diaryl/α,β-unsaturated/α-hetero) is 1. The van der Waals surface area contributed by atoms with Crippen LogP contribution in [0.1, 0.15) is 104 Å². The maximum Gasteiger partial charge on any atom is 0.225 e. The average molecular weight is 784 g/mol. The van der Waals surface area contributed by atoms with E-state index in [9.17, 15) is 24.4 Å². The lowest BCUT2D eigenvalue weighted by Crippen LogP contribution is -2.52. The van der Waals surface area contributed by atoms with Gasteiger partial charge in [0, 0.05) is 58.7 Å². The van der Waals surface area contributed by atoms with Gasteiger partial charge in [-0.15, -0.1) is 0 Å². The maximum absolute atomic E-state index is 13.6. The fraction of sp³-hybridized carbons (Fsp3) is 0.750. The van der Waals surface area contributed by atoms with Crippen LogP contribution in [-0.4, -0.2) is 134 Å². The number of hydrogen-bond donors (Lipinski definition) is 2. The van der Waals surface area contributed by atoms with Crippen LogP contribution in [-0.2, 0) is 35.1 Å². The number of ether oxygens (including phenoxy) is 2. The number of benzene rings is 1. The van der Waals surface area contributed by atoms with Gasteiger partial charge >= 0.3 is 0 Å². The number of amides is 2. The zero-order chi connectivity index (χ0) is 41.8. The molecule has 12 heteroatoms. The molecule has 2 N–H and O–H groups in total. The van der Waals surface area contributed by atoms with Crippen molar-refractivity contribution in [2.45, 2.75) is 148 Å². The molecule has 316 valence electrons.